The van der Waals surface area contributed by atoms with E-state index in [1.807, 2.05) is 6.92 Å². The van der Waals surface area contributed by atoms with Crippen LogP contribution in [0.1, 0.15) is 25.3 Å². The first-order valence-corrected chi connectivity index (χ1v) is 7.70. The average molecular weight is 295 g/mol. The summed E-state index contributed by atoms with van der Waals surface area (Å²) in [7, 11) is -2.23. The highest BCUT2D eigenvalue weighted by Gasteiger charge is 2.41. The average Bonchev–Trinajstić information content (AvgIpc) is 3.12. The highest BCUT2D eigenvalue weighted by atomic mass is 32.2. The van der Waals surface area contributed by atoms with Crippen molar-refractivity contribution in [2.24, 2.45) is 0 Å². The molecule has 1 aromatic carbocycles. The number of aliphatic hydroxyl groups excluding tert-OH is 1. The molecule has 0 bridgehead atoms. The number of sulfonamides is 1. The van der Waals surface area contributed by atoms with Crippen molar-refractivity contribution in [3.63, 3.8) is 0 Å². The Morgan fingerprint density at radius 1 is 1.45 bits per heavy atom. The molecule has 6 heteroatoms. The molecule has 1 aliphatic rings. The van der Waals surface area contributed by atoms with Crippen LogP contribution in [0.4, 0.5) is 0 Å². The number of hydrogen-bond acceptors (Lipinski definition) is 4. The Morgan fingerprint density at radius 3 is 2.70 bits per heavy atom. The summed E-state index contributed by atoms with van der Waals surface area (Å²) in [5.41, 5.74) is 0.164. The van der Waals surface area contributed by atoms with Crippen LogP contribution in [-0.2, 0) is 10.0 Å². The van der Waals surface area contributed by atoms with E-state index < -0.39 is 10.0 Å². The van der Waals surface area contributed by atoms with E-state index in [0.717, 1.165) is 12.8 Å². The van der Waals surface area contributed by atoms with Crippen molar-refractivity contribution in [2.75, 3.05) is 13.7 Å². The van der Waals surface area contributed by atoms with Crippen LogP contribution in [0, 0.1) is 11.8 Å². The molecule has 1 aliphatic carbocycles. The minimum Gasteiger partial charge on any atom is -0.495 e. The fraction of sp³-hybridized carbons (Fsp3) is 0.429. The Bertz CT molecular complexity index is 666. The van der Waals surface area contributed by atoms with Gasteiger partial charge < -0.3 is 9.84 Å². The first-order valence-electron chi connectivity index (χ1n) is 6.22. The lowest BCUT2D eigenvalue weighted by molar-refractivity contribution is 0.350. The van der Waals surface area contributed by atoms with E-state index in [1.54, 1.807) is 12.1 Å². The Kier molecular flexibility index (Phi) is 4.04. The van der Waals surface area contributed by atoms with Crippen LogP contribution in [0.3, 0.4) is 0 Å². The van der Waals surface area contributed by atoms with Gasteiger partial charge >= 0.3 is 0 Å². The molecule has 0 amide bonds. The third-order valence-electron chi connectivity index (χ3n) is 3.15. The normalized spacial score (nSPS) is 16.1. The summed E-state index contributed by atoms with van der Waals surface area (Å²) in [5.74, 6) is 5.45. The molecule has 1 fully saturated rings. The van der Waals surface area contributed by atoms with E-state index in [9.17, 15) is 8.42 Å². The maximum absolute atomic E-state index is 12.4. The quantitative estimate of drug-likeness (QED) is 0.808. The zero-order valence-corrected chi connectivity index (χ0v) is 12.3. The molecule has 1 aromatic rings. The number of rotatable bonds is 4. The lowest BCUT2D eigenvalue weighted by Crippen LogP contribution is -2.34. The van der Waals surface area contributed by atoms with E-state index in [0.29, 0.717) is 5.56 Å². The summed E-state index contributed by atoms with van der Waals surface area (Å²) in [6, 6.07) is 4.67. The molecule has 0 aromatic heterocycles. The molecular weight excluding hydrogens is 278 g/mol. The van der Waals surface area contributed by atoms with Gasteiger partial charge in [0.05, 0.1) is 7.11 Å². The number of nitrogens with one attached hydrogen (secondary N) is 1. The molecule has 5 nitrogen and oxygen atoms in total. The third-order valence-corrected chi connectivity index (χ3v) is 4.81. The van der Waals surface area contributed by atoms with Crippen molar-refractivity contribution >= 4 is 10.0 Å². The van der Waals surface area contributed by atoms with E-state index in [-0.39, 0.29) is 22.8 Å². The summed E-state index contributed by atoms with van der Waals surface area (Å²) in [5, 5.41) is 8.69. The van der Waals surface area contributed by atoms with Gasteiger partial charge in [-0.05, 0) is 38.0 Å². The fourth-order valence-corrected chi connectivity index (χ4v) is 3.44. The van der Waals surface area contributed by atoms with Crippen molar-refractivity contribution in [3.05, 3.63) is 23.8 Å². The monoisotopic (exact) mass is 295 g/mol. The number of benzene rings is 1. The molecule has 0 spiro atoms. The Labute approximate surface area is 119 Å². The molecule has 0 aliphatic heterocycles. The van der Waals surface area contributed by atoms with E-state index in [4.69, 9.17) is 9.84 Å². The third kappa shape index (κ3) is 3.31. The highest BCUT2D eigenvalue weighted by Crippen LogP contribution is 2.37. The molecule has 0 unspecified atom stereocenters. The number of ether oxygens (including phenoxy) is 1. The van der Waals surface area contributed by atoms with Gasteiger partial charge in [-0.25, -0.2) is 13.1 Å². The van der Waals surface area contributed by atoms with Crippen LogP contribution in [0.25, 0.3) is 0 Å². The summed E-state index contributed by atoms with van der Waals surface area (Å²) < 4.78 is 32.6. The van der Waals surface area contributed by atoms with Gasteiger partial charge in [-0.3, -0.25) is 0 Å². The highest BCUT2D eigenvalue weighted by molar-refractivity contribution is 7.89. The van der Waals surface area contributed by atoms with Gasteiger partial charge in [0, 0.05) is 11.1 Å². The van der Waals surface area contributed by atoms with Gasteiger partial charge in [0.15, 0.2) is 0 Å². The topological polar surface area (TPSA) is 75.6 Å². The summed E-state index contributed by atoms with van der Waals surface area (Å²) in [4.78, 5) is 0.0675. The van der Waals surface area contributed by atoms with Gasteiger partial charge in [0.2, 0.25) is 10.0 Å². The lowest BCUT2D eigenvalue weighted by Gasteiger charge is -2.14. The summed E-state index contributed by atoms with van der Waals surface area (Å²) in [6.07, 6.45) is 1.66. The molecule has 2 N–H and O–H groups in total. The second-order valence-electron chi connectivity index (χ2n) is 4.99. The second-order valence-corrected chi connectivity index (χ2v) is 6.64. The smallest absolute Gasteiger partial charge is 0.244 e. The molecular formula is C14H17NO4S. The zero-order valence-electron chi connectivity index (χ0n) is 11.4. The van der Waals surface area contributed by atoms with Crippen molar-refractivity contribution in [1.82, 2.24) is 4.72 Å². The minimum absolute atomic E-state index is 0.0675. The maximum atomic E-state index is 12.4. The number of hydrogen-bond donors (Lipinski definition) is 2. The van der Waals surface area contributed by atoms with Gasteiger partial charge in [-0.1, -0.05) is 11.8 Å². The maximum Gasteiger partial charge on any atom is 0.244 e. The minimum atomic E-state index is -3.65. The van der Waals surface area contributed by atoms with Crippen LogP contribution in [0.2, 0.25) is 0 Å². The van der Waals surface area contributed by atoms with Gasteiger partial charge in [-0.2, -0.15) is 0 Å². The Morgan fingerprint density at radius 2 is 2.15 bits per heavy atom. The Hall–Kier alpha value is -1.55. The first kappa shape index (κ1) is 14.9. The van der Waals surface area contributed by atoms with Crippen molar-refractivity contribution < 1.29 is 18.3 Å². The van der Waals surface area contributed by atoms with Crippen LogP contribution in [0.15, 0.2) is 23.1 Å². The molecule has 1 saturated carbocycles. The largest absolute Gasteiger partial charge is 0.495 e. The molecule has 20 heavy (non-hydrogen) atoms. The standard InChI is InChI=1S/C14H17NO4S/c1-14(7-8-14)15-20(17,18)13-10-11(4-3-9-16)5-6-12(13)19-2/h5-6,10,15-16H,7-9H2,1-2H3. The van der Waals surface area contributed by atoms with Gasteiger partial charge in [0.25, 0.3) is 0 Å². The van der Waals surface area contributed by atoms with E-state index >= 15 is 0 Å². The van der Waals surface area contributed by atoms with Gasteiger partial charge in [0.1, 0.15) is 17.3 Å². The predicted molar refractivity (Wildman–Crippen MR) is 74.9 cm³/mol. The fourth-order valence-electron chi connectivity index (χ4n) is 1.77. The predicted octanol–water partition coefficient (Wildman–Crippen LogP) is 0.870. The van der Waals surface area contributed by atoms with Gasteiger partial charge in [-0.15, -0.1) is 0 Å². The van der Waals surface area contributed by atoms with Crippen molar-refractivity contribution in [1.29, 1.82) is 0 Å². The van der Waals surface area contributed by atoms with E-state index in [1.165, 1.54) is 13.2 Å². The molecule has 108 valence electrons. The van der Waals surface area contributed by atoms with Crippen LogP contribution < -0.4 is 9.46 Å². The molecule has 0 heterocycles. The van der Waals surface area contributed by atoms with E-state index in [2.05, 4.69) is 16.6 Å². The number of methoxy groups -OCH3 is 1. The molecule has 2 rings (SSSR count). The first-order chi connectivity index (χ1) is 9.40. The molecule has 0 saturated heterocycles. The lowest BCUT2D eigenvalue weighted by atomic mass is 10.2. The van der Waals surface area contributed by atoms with Crippen molar-refractivity contribution in [3.8, 4) is 17.6 Å². The summed E-state index contributed by atoms with van der Waals surface area (Å²) >= 11 is 0. The van der Waals surface area contributed by atoms with Crippen LogP contribution in [-0.4, -0.2) is 32.8 Å². The van der Waals surface area contributed by atoms with Crippen LogP contribution in [0.5, 0.6) is 5.75 Å². The van der Waals surface area contributed by atoms with Crippen LogP contribution >= 0.6 is 0 Å². The summed E-state index contributed by atoms with van der Waals surface area (Å²) in [6.45, 7) is 1.59. The van der Waals surface area contributed by atoms with Crippen molar-refractivity contribution in [2.45, 2.75) is 30.2 Å². The zero-order chi connectivity index (χ0) is 14.8. The second kappa shape index (κ2) is 5.44. The number of aliphatic hydroxyl groups is 1. The Balaban J connectivity index is 2.42. The molecule has 0 radical (unpaired) electrons. The SMILES string of the molecule is COc1ccc(C#CCO)cc1S(=O)(=O)NC1(C)CC1. The molecule has 0 atom stereocenters.